The van der Waals surface area contributed by atoms with Gasteiger partial charge < -0.3 is 24.7 Å². The average molecular weight is 558 g/mol. The van der Waals surface area contributed by atoms with Gasteiger partial charge in [0.05, 0.1) is 30.0 Å². The maximum atomic E-state index is 12.5. The summed E-state index contributed by atoms with van der Waals surface area (Å²) in [5.41, 5.74) is 2.92. The summed E-state index contributed by atoms with van der Waals surface area (Å²) in [6.07, 6.45) is 7.22. The minimum atomic E-state index is -0.224. The molecule has 0 radical (unpaired) electrons. The number of carbonyl (C=O) groups is 1. The monoisotopic (exact) mass is 556 g/mol. The fourth-order valence-electron chi connectivity index (χ4n) is 4.57. The molecule has 0 bridgehead atoms. The molecule has 3 aromatic rings. The van der Waals surface area contributed by atoms with E-state index in [1.807, 2.05) is 30.3 Å². The molecule has 7 nitrogen and oxygen atoms in total. The van der Waals surface area contributed by atoms with Crippen molar-refractivity contribution in [3.63, 3.8) is 0 Å². The SMILES string of the molecule is CO/C(=C\C=C\c1cc2cc(Cl)c(Cl)cc2[nH]1)C(=O)NCCCCN1CCN(c2ccccc2OC)CC1. The van der Waals surface area contributed by atoms with Crippen LogP contribution in [0, 0.1) is 0 Å². The van der Waals surface area contributed by atoms with E-state index in [0.29, 0.717) is 16.6 Å². The van der Waals surface area contributed by atoms with Crippen molar-refractivity contribution in [1.29, 1.82) is 0 Å². The first-order chi connectivity index (χ1) is 18.5. The van der Waals surface area contributed by atoms with Gasteiger partial charge in [0.15, 0.2) is 5.76 Å². The largest absolute Gasteiger partial charge is 0.495 e. The van der Waals surface area contributed by atoms with Crippen molar-refractivity contribution in [3.8, 4) is 5.75 Å². The van der Waals surface area contributed by atoms with E-state index in [-0.39, 0.29) is 11.7 Å². The Morgan fingerprint density at radius 2 is 1.82 bits per heavy atom. The number of hydrogen-bond donors (Lipinski definition) is 2. The molecule has 1 aromatic heterocycles. The molecule has 1 saturated heterocycles. The van der Waals surface area contributed by atoms with Crippen molar-refractivity contribution >= 4 is 51.8 Å². The van der Waals surface area contributed by atoms with Crippen LogP contribution in [0.2, 0.25) is 10.0 Å². The topological polar surface area (TPSA) is 69.8 Å². The Morgan fingerprint density at radius 1 is 1.05 bits per heavy atom. The lowest BCUT2D eigenvalue weighted by atomic mass is 10.2. The van der Waals surface area contributed by atoms with Crippen LogP contribution in [0.5, 0.6) is 5.75 Å². The molecule has 1 amide bonds. The van der Waals surface area contributed by atoms with Crippen LogP contribution in [0.25, 0.3) is 17.0 Å². The number of anilines is 1. The number of fused-ring (bicyclic) bond motifs is 1. The molecule has 0 aliphatic carbocycles. The Kier molecular flexibility index (Phi) is 9.98. The number of aromatic nitrogens is 1. The molecule has 0 unspecified atom stereocenters. The Morgan fingerprint density at radius 3 is 2.58 bits per heavy atom. The highest BCUT2D eigenvalue weighted by Crippen LogP contribution is 2.29. The van der Waals surface area contributed by atoms with E-state index in [9.17, 15) is 4.79 Å². The summed E-state index contributed by atoms with van der Waals surface area (Å²) in [5, 5.41) is 4.93. The van der Waals surface area contributed by atoms with Gasteiger partial charge in [-0.15, -0.1) is 0 Å². The number of hydrogen-bond acceptors (Lipinski definition) is 5. The van der Waals surface area contributed by atoms with Crippen LogP contribution in [0.15, 0.2) is 60.4 Å². The van der Waals surface area contributed by atoms with Gasteiger partial charge in [0, 0.05) is 49.3 Å². The molecular formula is C29H34Cl2N4O3. The predicted molar refractivity (Wildman–Crippen MR) is 156 cm³/mol. The fraction of sp³-hybridized carbons (Fsp3) is 0.345. The van der Waals surface area contributed by atoms with E-state index < -0.39 is 0 Å². The second kappa shape index (κ2) is 13.6. The van der Waals surface area contributed by atoms with Gasteiger partial charge in [-0.05, 0) is 61.9 Å². The highest BCUT2D eigenvalue weighted by Gasteiger charge is 2.19. The molecule has 9 heteroatoms. The smallest absolute Gasteiger partial charge is 0.286 e. The lowest BCUT2D eigenvalue weighted by molar-refractivity contribution is -0.120. The third-order valence-electron chi connectivity index (χ3n) is 6.63. The lowest BCUT2D eigenvalue weighted by Crippen LogP contribution is -2.46. The van der Waals surface area contributed by atoms with Crippen LogP contribution in [-0.4, -0.2) is 69.3 Å². The first-order valence-corrected chi connectivity index (χ1v) is 13.5. The first kappa shape index (κ1) is 27.9. The zero-order valence-corrected chi connectivity index (χ0v) is 23.3. The number of amides is 1. The maximum absolute atomic E-state index is 12.5. The lowest BCUT2D eigenvalue weighted by Gasteiger charge is -2.36. The van der Waals surface area contributed by atoms with Gasteiger partial charge in [0.1, 0.15) is 5.75 Å². The van der Waals surface area contributed by atoms with Gasteiger partial charge >= 0.3 is 0 Å². The third-order valence-corrected chi connectivity index (χ3v) is 7.36. The molecular weight excluding hydrogens is 523 g/mol. The highest BCUT2D eigenvalue weighted by atomic mass is 35.5. The number of aromatic amines is 1. The molecule has 1 fully saturated rings. The van der Waals surface area contributed by atoms with E-state index in [2.05, 4.69) is 32.2 Å². The average Bonchev–Trinajstić information content (AvgIpc) is 3.32. The second-order valence-corrected chi connectivity index (χ2v) is 9.95. The Bertz CT molecular complexity index is 1260. The number of methoxy groups -OCH3 is 2. The summed E-state index contributed by atoms with van der Waals surface area (Å²) in [6.45, 7) is 5.62. The minimum Gasteiger partial charge on any atom is -0.495 e. The van der Waals surface area contributed by atoms with Gasteiger partial charge in [0.25, 0.3) is 5.91 Å². The number of ether oxygens (including phenoxy) is 2. The summed E-state index contributed by atoms with van der Waals surface area (Å²) >= 11 is 12.2. The van der Waals surface area contributed by atoms with Crippen molar-refractivity contribution in [2.45, 2.75) is 12.8 Å². The minimum absolute atomic E-state index is 0.224. The summed E-state index contributed by atoms with van der Waals surface area (Å²) < 4.78 is 10.8. The van der Waals surface area contributed by atoms with Crippen LogP contribution < -0.4 is 15.0 Å². The van der Waals surface area contributed by atoms with Gasteiger partial charge in [-0.1, -0.05) is 41.4 Å². The van der Waals surface area contributed by atoms with E-state index in [4.69, 9.17) is 32.7 Å². The van der Waals surface area contributed by atoms with Crippen molar-refractivity contribution in [1.82, 2.24) is 15.2 Å². The number of piperazine rings is 1. The molecule has 0 saturated carbocycles. The quantitative estimate of drug-likeness (QED) is 0.136. The molecule has 38 heavy (non-hydrogen) atoms. The molecule has 0 spiro atoms. The normalized spacial score (nSPS) is 14.8. The van der Waals surface area contributed by atoms with Crippen LogP contribution >= 0.6 is 23.2 Å². The van der Waals surface area contributed by atoms with Gasteiger partial charge in [-0.2, -0.15) is 0 Å². The summed E-state index contributed by atoms with van der Waals surface area (Å²) in [6, 6.07) is 13.8. The maximum Gasteiger partial charge on any atom is 0.286 e. The van der Waals surface area contributed by atoms with Crippen LogP contribution in [0.3, 0.4) is 0 Å². The number of nitrogens with one attached hydrogen (secondary N) is 2. The number of H-pyrrole nitrogens is 1. The fourth-order valence-corrected chi connectivity index (χ4v) is 4.90. The standard InChI is InChI=1S/C29H34Cl2N4O3/c1-37-27-10-4-3-9-26(27)35-16-14-34(15-17-35)13-6-5-12-32-29(36)28(38-2)11-7-8-22-18-21-19-23(30)24(31)20-25(21)33-22/h3-4,7-11,18-20,33H,5-6,12-17H2,1-2H3,(H,32,36)/b8-7+,28-11-. The summed E-state index contributed by atoms with van der Waals surface area (Å²) in [7, 11) is 3.21. The molecule has 2 heterocycles. The molecule has 4 rings (SSSR count). The number of rotatable bonds is 11. The highest BCUT2D eigenvalue weighted by molar-refractivity contribution is 6.42. The van der Waals surface area contributed by atoms with E-state index in [0.717, 1.165) is 73.6 Å². The number of nitrogens with zero attached hydrogens (tertiary/aromatic N) is 2. The van der Waals surface area contributed by atoms with E-state index in [1.165, 1.54) is 7.11 Å². The Hall–Kier alpha value is -3.13. The van der Waals surface area contributed by atoms with E-state index in [1.54, 1.807) is 25.3 Å². The number of unbranched alkanes of at least 4 members (excludes halogenated alkanes) is 1. The third kappa shape index (κ3) is 7.25. The number of allylic oxidation sites excluding steroid dienone is 2. The van der Waals surface area contributed by atoms with Gasteiger partial charge in [-0.25, -0.2) is 0 Å². The zero-order valence-electron chi connectivity index (χ0n) is 21.8. The van der Waals surface area contributed by atoms with Crippen molar-refractivity contribution in [2.24, 2.45) is 0 Å². The Balaban J connectivity index is 1.17. The molecule has 1 aliphatic heterocycles. The molecule has 202 valence electrons. The molecule has 2 aromatic carbocycles. The number of benzene rings is 2. The molecule has 1 aliphatic rings. The summed E-state index contributed by atoms with van der Waals surface area (Å²) in [4.78, 5) is 20.6. The second-order valence-electron chi connectivity index (χ2n) is 9.14. The predicted octanol–water partition coefficient (Wildman–Crippen LogP) is 5.75. The van der Waals surface area contributed by atoms with Crippen LogP contribution in [0.1, 0.15) is 18.5 Å². The van der Waals surface area contributed by atoms with Crippen molar-refractivity contribution in [2.75, 3.05) is 58.4 Å². The van der Waals surface area contributed by atoms with Crippen molar-refractivity contribution < 1.29 is 14.3 Å². The van der Waals surface area contributed by atoms with Gasteiger partial charge in [0.2, 0.25) is 0 Å². The number of halogens is 2. The van der Waals surface area contributed by atoms with Gasteiger partial charge in [-0.3, -0.25) is 9.69 Å². The number of para-hydroxylation sites is 2. The van der Waals surface area contributed by atoms with Crippen LogP contribution in [0.4, 0.5) is 5.69 Å². The zero-order chi connectivity index (χ0) is 26.9. The van der Waals surface area contributed by atoms with E-state index >= 15 is 0 Å². The Labute approximate surface area is 234 Å². The van der Waals surface area contributed by atoms with Crippen molar-refractivity contribution in [3.05, 3.63) is 76.1 Å². The molecule has 0 atom stereocenters. The summed E-state index contributed by atoms with van der Waals surface area (Å²) in [5.74, 6) is 0.957. The van der Waals surface area contributed by atoms with Crippen LogP contribution in [-0.2, 0) is 9.53 Å². The first-order valence-electron chi connectivity index (χ1n) is 12.8. The molecule has 2 N–H and O–H groups in total. The number of carbonyl (C=O) groups excluding carboxylic acids is 1.